The highest BCUT2D eigenvalue weighted by atomic mass is 31.2. The van der Waals surface area contributed by atoms with Crippen molar-refractivity contribution in [1.82, 2.24) is 0 Å². The molecule has 12 heavy (non-hydrogen) atoms. The fourth-order valence-corrected chi connectivity index (χ4v) is 2.08. The Kier molecular flexibility index (Phi) is 3.81. The molecule has 1 fully saturated rings. The normalized spacial score (nSPS) is 36.3. The van der Waals surface area contributed by atoms with E-state index in [0.29, 0.717) is 19.7 Å². The molecule has 0 aliphatic carbocycles. The summed E-state index contributed by atoms with van der Waals surface area (Å²) >= 11 is 0. The van der Waals surface area contributed by atoms with Crippen LogP contribution in [-0.4, -0.2) is 44.4 Å². The highest BCUT2D eigenvalue weighted by molar-refractivity contribution is 7.60. The monoisotopic (exact) mass is 192 g/mol. The molecule has 0 aromatic carbocycles. The van der Waals surface area contributed by atoms with E-state index < -0.39 is 7.57 Å². The Balaban J connectivity index is 2.39. The number of ether oxygens (including phenoxy) is 1. The summed E-state index contributed by atoms with van der Waals surface area (Å²) in [6, 6.07) is 0. The Morgan fingerprint density at radius 2 is 2.25 bits per heavy atom. The van der Waals surface area contributed by atoms with Crippen molar-refractivity contribution >= 4 is 21.2 Å². The van der Waals surface area contributed by atoms with Crippen molar-refractivity contribution in [2.45, 2.75) is 13.0 Å². The maximum atomic E-state index is 9.52. The Morgan fingerprint density at radius 3 is 2.67 bits per heavy atom. The van der Waals surface area contributed by atoms with E-state index >= 15 is 0 Å². The van der Waals surface area contributed by atoms with Crippen LogP contribution in [0.3, 0.4) is 0 Å². The molecule has 1 aliphatic heterocycles. The summed E-state index contributed by atoms with van der Waals surface area (Å²) in [4.78, 5) is 9.52. The van der Waals surface area contributed by atoms with Crippen LogP contribution in [-0.2, 0) is 13.8 Å². The van der Waals surface area contributed by atoms with Crippen LogP contribution in [0.15, 0.2) is 0 Å². The third kappa shape index (κ3) is 2.61. The molecule has 1 saturated heterocycles. The third-order valence-electron chi connectivity index (χ3n) is 1.62. The summed E-state index contributed by atoms with van der Waals surface area (Å²) in [6.07, 6.45) is -0.0322. The molecule has 0 saturated carbocycles. The smallest absolute Gasteiger partial charge is 0.251 e. The maximum absolute atomic E-state index is 9.52. The average Bonchev–Trinajstić information content (AvgIpc) is 2.10. The van der Waals surface area contributed by atoms with Crippen LogP contribution in [0.2, 0.25) is 0 Å². The second kappa shape index (κ2) is 4.44. The Labute approximate surface area is 73.4 Å². The van der Waals surface area contributed by atoms with Crippen LogP contribution in [0, 0.1) is 0 Å². The van der Waals surface area contributed by atoms with E-state index in [1.165, 1.54) is 0 Å². The minimum atomic E-state index is -2.61. The van der Waals surface area contributed by atoms with Crippen LogP contribution in [0.5, 0.6) is 0 Å². The molecule has 0 aromatic rings. The van der Waals surface area contributed by atoms with Gasteiger partial charge in [-0.25, -0.2) is 0 Å². The SMILES string of the molecule is BCOC1COP(O)(=CC)OC1. The zero-order chi connectivity index (χ0) is 9.03. The van der Waals surface area contributed by atoms with Crippen LogP contribution in [0.4, 0.5) is 0 Å². The molecular weight excluding hydrogens is 178 g/mol. The van der Waals surface area contributed by atoms with E-state index in [0.717, 1.165) is 0 Å². The number of hydrogen-bond donors (Lipinski definition) is 1. The number of hydrogen-bond acceptors (Lipinski definition) is 4. The first kappa shape index (κ1) is 10.3. The largest absolute Gasteiger partial charge is 0.382 e. The Morgan fingerprint density at radius 1 is 1.67 bits per heavy atom. The summed E-state index contributed by atoms with van der Waals surface area (Å²) in [6.45, 7) is 3.21. The fourth-order valence-electron chi connectivity index (χ4n) is 0.946. The molecule has 0 aromatic heterocycles. The second-order valence-electron chi connectivity index (χ2n) is 2.49. The van der Waals surface area contributed by atoms with Crippen molar-refractivity contribution in [2.75, 3.05) is 19.7 Å². The average molecular weight is 192 g/mol. The highest BCUT2D eigenvalue weighted by Gasteiger charge is 2.25. The van der Waals surface area contributed by atoms with Crippen molar-refractivity contribution in [1.29, 1.82) is 0 Å². The first-order valence-corrected chi connectivity index (χ1v) is 5.67. The van der Waals surface area contributed by atoms with Gasteiger partial charge in [0.15, 0.2) is 0 Å². The van der Waals surface area contributed by atoms with Gasteiger partial charge < -0.3 is 18.7 Å². The standard InChI is InChI=1S/C6H14BO4P/c1-2-12(8)10-3-6(4-11-12)9-5-7/h2,6,8H,3-5,7H2,1H3. The van der Waals surface area contributed by atoms with E-state index in [9.17, 15) is 4.89 Å². The molecule has 0 radical (unpaired) electrons. The first-order chi connectivity index (χ1) is 5.70. The lowest BCUT2D eigenvalue weighted by Crippen LogP contribution is -2.30. The predicted octanol–water partition coefficient (Wildman–Crippen LogP) is -0.414. The summed E-state index contributed by atoms with van der Waals surface area (Å²) in [5.74, 6) is 1.58. The van der Waals surface area contributed by atoms with Crippen LogP contribution in [0.1, 0.15) is 6.92 Å². The zero-order valence-corrected chi connectivity index (χ0v) is 8.29. The van der Waals surface area contributed by atoms with Gasteiger partial charge in [-0.2, -0.15) is 0 Å². The van der Waals surface area contributed by atoms with Crippen molar-refractivity contribution < 1.29 is 18.7 Å². The van der Waals surface area contributed by atoms with Gasteiger partial charge in [-0.05, 0) is 12.7 Å². The van der Waals surface area contributed by atoms with Gasteiger partial charge in [0.1, 0.15) is 14.0 Å². The topological polar surface area (TPSA) is 47.9 Å². The van der Waals surface area contributed by atoms with Crippen molar-refractivity contribution in [3.05, 3.63) is 0 Å². The van der Waals surface area contributed by atoms with Crippen molar-refractivity contribution in [3.8, 4) is 0 Å². The van der Waals surface area contributed by atoms with Gasteiger partial charge in [0, 0.05) is 6.51 Å². The van der Waals surface area contributed by atoms with Gasteiger partial charge in [-0.3, -0.25) is 0 Å². The van der Waals surface area contributed by atoms with Gasteiger partial charge in [0.25, 0.3) is 7.57 Å². The van der Waals surface area contributed by atoms with E-state index in [1.807, 2.05) is 7.85 Å². The maximum Gasteiger partial charge on any atom is 0.251 e. The number of rotatable bonds is 2. The van der Waals surface area contributed by atoms with E-state index in [4.69, 9.17) is 13.8 Å². The van der Waals surface area contributed by atoms with Gasteiger partial charge in [-0.15, -0.1) is 0 Å². The van der Waals surface area contributed by atoms with Crippen molar-refractivity contribution in [3.63, 3.8) is 0 Å². The lowest BCUT2D eigenvalue weighted by atomic mass is 10.2. The molecule has 70 valence electrons. The molecule has 0 atom stereocenters. The zero-order valence-electron chi connectivity index (χ0n) is 7.40. The molecule has 0 amide bonds. The Bertz CT molecular complexity index is 184. The molecule has 1 heterocycles. The minimum Gasteiger partial charge on any atom is -0.382 e. The first-order valence-electron chi connectivity index (χ1n) is 4.03. The molecule has 0 spiro atoms. The Hall–Kier alpha value is 0.205. The van der Waals surface area contributed by atoms with Gasteiger partial charge >= 0.3 is 0 Å². The quantitative estimate of drug-likeness (QED) is 0.477. The van der Waals surface area contributed by atoms with Crippen molar-refractivity contribution in [2.24, 2.45) is 0 Å². The molecule has 6 heteroatoms. The molecule has 0 bridgehead atoms. The highest BCUT2D eigenvalue weighted by Crippen LogP contribution is 2.47. The summed E-state index contributed by atoms with van der Waals surface area (Å²) in [7, 11) is -0.692. The van der Waals surface area contributed by atoms with E-state index in [1.54, 1.807) is 12.7 Å². The summed E-state index contributed by atoms with van der Waals surface area (Å²) in [5, 5.41) is 0. The second-order valence-corrected chi connectivity index (χ2v) is 4.65. The van der Waals surface area contributed by atoms with Crippen LogP contribution >= 0.6 is 7.57 Å². The van der Waals surface area contributed by atoms with E-state index in [-0.39, 0.29) is 6.10 Å². The summed E-state index contributed by atoms with van der Waals surface area (Å²) < 4.78 is 15.6. The minimum absolute atomic E-state index is 0.0322. The van der Waals surface area contributed by atoms with E-state index in [2.05, 4.69) is 0 Å². The molecule has 1 aliphatic rings. The molecule has 1 N–H and O–H groups in total. The lowest BCUT2D eigenvalue weighted by Gasteiger charge is -2.29. The molecule has 4 nitrogen and oxygen atoms in total. The lowest BCUT2D eigenvalue weighted by molar-refractivity contribution is -0.0232. The van der Waals surface area contributed by atoms with Gasteiger partial charge in [0.05, 0.1) is 13.2 Å². The van der Waals surface area contributed by atoms with Gasteiger partial charge in [-0.1, -0.05) is 0 Å². The molecule has 1 rings (SSSR count). The predicted molar refractivity (Wildman–Crippen MR) is 51.1 cm³/mol. The molecule has 0 unspecified atom stereocenters. The summed E-state index contributed by atoms with van der Waals surface area (Å²) in [5.41, 5.74) is 0. The third-order valence-corrected chi connectivity index (χ3v) is 3.31. The fraction of sp³-hybridized carbons (Fsp3) is 0.833. The molecular formula is C6H14BO4P. The van der Waals surface area contributed by atoms with Crippen LogP contribution in [0.25, 0.3) is 0 Å². The van der Waals surface area contributed by atoms with Crippen LogP contribution < -0.4 is 0 Å². The van der Waals surface area contributed by atoms with Gasteiger partial charge in [0.2, 0.25) is 0 Å².